The van der Waals surface area contributed by atoms with Crippen molar-refractivity contribution in [2.45, 2.75) is 18.7 Å². The van der Waals surface area contributed by atoms with Crippen LogP contribution in [-0.4, -0.2) is 72.5 Å². The zero-order chi connectivity index (χ0) is 27.4. The van der Waals surface area contributed by atoms with Crippen LogP contribution in [0.3, 0.4) is 0 Å². The van der Waals surface area contributed by atoms with Crippen LogP contribution >= 0.6 is 11.3 Å². The number of thiophene rings is 1. The van der Waals surface area contributed by atoms with E-state index in [1.165, 1.54) is 41.9 Å². The molecule has 2 heterocycles. The predicted octanol–water partition coefficient (Wildman–Crippen LogP) is 4.64. The summed E-state index contributed by atoms with van der Waals surface area (Å²) >= 11 is 1.35. The van der Waals surface area contributed by atoms with Crippen molar-refractivity contribution in [1.29, 1.82) is 0 Å². The van der Waals surface area contributed by atoms with Crippen molar-refractivity contribution in [3.05, 3.63) is 64.8 Å². The monoisotopic (exact) mass is 558 g/mol. The smallest absolute Gasteiger partial charge is 0.350 e. The minimum atomic E-state index is -3.81. The van der Waals surface area contributed by atoms with Crippen LogP contribution in [0.2, 0.25) is 0 Å². The maximum Gasteiger partial charge on any atom is 0.350 e. The predicted molar refractivity (Wildman–Crippen MR) is 151 cm³/mol. The van der Waals surface area contributed by atoms with Crippen LogP contribution in [0.4, 0.5) is 15.8 Å². The number of nitrogens with zero attached hydrogens (tertiary/aromatic N) is 4. The van der Waals surface area contributed by atoms with Crippen molar-refractivity contribution in [3.63, 3.8) is 0 Å². The lowest BCUT2D eigenvalue weighted by Gasteiger charge is -2.37. The van der Waals surface area contributed by atoms with Crippen molar-refractivity contribution >= 4 is 45.0 Å². The van der Waals surface area contributed by atoms with Gasteiger partial charge in [0.05, 0.1) is 17.2 Å². The molecular weight excluding hydrogens is 527 g/mol. The Bertz CT molecular complexity index is 1410. The lowest BCUT2D eigenvalue weighted by Crippen LogP contribution is -2.47. The van der Waals surface area contributed by atoms with Gasteiger partial charge in [-0.25, -0.2) is 9.18 Å². The summed E-state index contributed by atoms with van der Waals surface area (Å²) < 4.78 is 47.4. The molecule has 0 spiro atoms. The SMILES string of the molecule is CCOC(=O)c1sc(-c2ccc(S(=O)(=O)N=CN(C)C)cc2)c(C)c1N1CCN(c2ccc(F)cc2)CC1. The summed E-state index contributed by atoms with van der Waals surface area (Å²) in [5.41, 5.74) is 3.55. The molecule has 0 unspecified atom stereocenters. The fourth-order valence-corrected chi connectivity index (χ4v) is 6.47. The molecule has 0 aliphatic carbocycles. The number of hydrogen-bond donors (Lipinski definition) is 0. The van der Waals surface area contributed by atoms with Crippen molar-refractivity contribution in [1.82, 2.24) is 4.90 Å². The number of hydrogen-bond acceptors (Lipinski definition) is 7. The highest BCUT2D eigenvalue weighted by molar-refractivity contribution is 7.90. The molecule has 0 N–H and O–H groups in total. The molecule has 1 saturated heterocycles. The fourth-order valence-electron chi connectivity index (χ4n) is 4.33. The second kappa shape index (κ2) is 11.5. The Morgan fingerprint density at radius 2 is 1.66 bits per heavy atom. The van der Waals surface area contributed by atoms with E-state index in [4.69, 9.17) is 4.74 Å². The van der Waals surface area contributed by atoms with Gasteiger partial charge in [-0.05, 0) is 61.4 Å². The molecule has 3 aromatic rings. The van der Waals surface area contributed by atoms with Crippen molar-refractivity contribution in [3.8, 4) is 10.4 Å². The molecule has 0 saturated carbocycles. The molecule has 0 bridgehead atoms. The summed E-state index contributed by atoms with van der Waals surface area (Å²) in [7, 11) is -0.418. The van der Waals surface area contributed by atoms with Gasteiger partial charge in [-0.15, -0.1) is 15.7 Å². The largest absolute Gasteiger partial charge is 0.462 e. The zero-order valence-corrected chi connectivity index (χ0v) is 23.5. The number of carbonyl (C=O) groups excluding carboxylic acids is 1. The van der Waals surface area contributed by atoms with Crippen LogP contribution in [0, 0.1) is 12.7 Å². The van der Waals surface area contributed by atoms with Crippen LogP contribution in [0.1, 0.15) is 22.2 Å². The second-order valence-corrected chi connectivity index (χ2v) is 11.7. The van der Waals surface area contributed by atoms with Gasteiger partial charge >= 0.3 is 5.97 Å². The standard InChI is InChI=1S/C27H31FN4O4S2/c1-5-36-27(33)26-24(32-16-14-31(15-17-32)22-10-8-21(28)9-11-22)19(2)25(37-26)20-6-12-23(13-7-20)38(34,35)29-18-30(3)4/h6-13,18H,5,14-17H2,1-4H3. The number of piperazine rings is 1. The highest BCUT2D eigenvalue weighted by atomic mass is 32.2. The Morgan fingerprint density at radius 1 is 1.05 bits per heavy atom. The van der Waals surface area contributed by atoms with E-state index in [0.717, 1.165) is 40.5 Å². The van der Waals surface area contributed by atoms with E-state index < -0.39 is 10.0 Å². The fraction of sp³-hybridized carbons (Fsp3) is 0.333. The number of rotatable bonds is 8. The van der Waals surface area contributed by atoms with Crippen LogP contribution < -0.4 is 9.80 Å². The van der Waals surface area contributed by atoms with Crippen LogP contribution in [0.15, 0.2) is 57.8 Å². The van der Waals surface area contributed by atoms with Gasteiger partial charge < -0.3 is 19.4 Å². The quantitative estimate of drug-likeness (QED) is 0.226. The highest BCUT2D eigenvalue weighted by Crippen LogP contribution is 2.43. The first-order valence-corrected chi connectivity index (χ1v) is 14.5. The second-order valence-electron chi connectivity index (χ2n) is 9.09. The lowest BCUT2D eigenvalue weighted by molar-refractivity contribution is 0.0532. The van der Waals surface area contributed by atoms with E-state index in [0.29, 0.717) is 18.0 Å². The first-order chi connectivity index (χ1) is 18.1. The molecule has 0 amide bonds. The van der Waals surface area contributed by atoms with E-state index in [-0.39, 0.29) is 23.3 Å². The summed E-state index contributed by atoms with van der Waals surface area (Å²) in [6, 6.07) is 13.0. The van der Waals surface area contributed by atoms with Gasteiger partial charge in [0.2, 0.25) is 0 Å². The van der Waals surface area contributed by atoms with Crippen molar-refractivity contribution < 1.29 is 22.3 Å². The number of anilines is 2. The van der Waals surface area contributed by atoms with E-state index in [9.17, 15) is 17.6 Å². The number of benzene rings is 2. The number of sulfonamides is 1. The van der Waals surface area contributed by atoms with Crippen molar-refractivity contribution in [2.24, 2.45) is 4.40 Å². The first-order valence-electron chi connectivity index (χ1n) is 12.2. The molecule has 11 heteroatoms. The summed E-state index contributed by atoms with van der Waals surface area (Å²) in [5.74, 6) is -0.639. The molecule has 0 radical (unpaired) electrons. The highest BCUT2D eigenvalue weighted by Gasteiger charge is 2.29. The van der Waals surface area contributed by atoms with Crippen LogP contribution in [-0.2, 0) is 14.8 Å². The average molecular weight is 559 g/mol. The topological polar surface area (TPSA) is 82.5 Å². The molecule has 4 rings (SSSR count). The number of carbonyl (C=O) groups is 1. The van der Waals surface area contributed by atoms with Crippen LogP contribution in [0.25, 0.3) is 10.4 Å². The van der Waals surface area contributed by atoms with Gasteiger partial charge in [0.15, 0.2) is 0 Å². The summed E-state index contributed by atoms with van der Waals surface area (Å²) in [6.07, 6.45) is 1.25. The summed E-state index contributed by atoms with van der Waals surface area (Å²) in [5, 5.41) is 0. The van der Waals surface area contributed by atoms with Gasteiger partial charge in [-0.1, -0.05) is 12.1 Å². The molecule has 1 aliphatic rings. The molecule has 2 aromatic carbocycles. The van der Waals surface area contributed by atoms with Gasteiger partial charge in [-0.3, -0.25) is 0 Å². The maximum absolute atomic E-state index is 13.3. The van der Waals surface area contributed by atoms with Gasteiger partial charge in [0.25, 0.3) is 10.0 Å². The molecule has 8 nitrogen and oxygen atoms in total. The van der Waals surface area contributed by atoms with Crippen LogP contribution in [0.5, 0.6) is 0 Å². The van der Waals surface area contributed by atoms with Gasteiger partial charge in [0, 0.05) is 50.8 Å². The van der Waals surface area contributed by atoms with Crippen molar-refractivity contribution in [2.75, 3.05) is 56.7 Å². The molecule has 1 aromatic heterocycles. The minimum Gasteiger partial charge on any atom is -0.462 e. The number of ether oxygens (including phenoxy) is 1. The molecule has 202 valence electrons. The summed E-state index contributed by atoms with van der Waals surface area (Å²) in [6.45, 7) is 6.82. The first kappa shape index (κ1) is 27.6. The minimum absolute atomic E-state index is 0.0938. The third-order valence-electron chi connectivity index (χ3n) is 6.19. The molecule has 1 fully saturated rings. The molecule has 0 atom stereocenters. The normalized spacial score (nSPS) is 14.2. The zero-order valence-electron chi connectivity index (χ0n) is 21.8. The van der Waals surface area contributed by atoms with E-state index in [2.05, 4.69) is 14.2 Å². The van der Waals surface area contributed by atoms with Gasteiger partial charge in [-0.2, -0.15) is 8.42 Å². The molecular formula is C27H31FN4O4S2. The Morgan fingerprint density at radius 3 is 2.24 bits per heavy atom. The van der Waals surface area contributed by atoms with Gasteiger partial charge in [0.1, 0.15) is 17.0 Å². The average Bonchev–Trinajstić information content (AvgIpc) is 3.25. The lowest BCUT2D eigenvalue weighted by atomic mass is 10.1. The Labute approximate surface area is 227 Å². The number of esters is 1. The Hall–Kier alpha value is -3.44. The Balaban J connectivity index is 1.62. The third kappa shape index (κ3) is 5.99. The van der Waals surface area contributed by atoms with E-state index >= 15 is 0 Å². The molecule has 1 aliphatic heterocycles. The third-order valence-corrected chi connectivity index (χ3v) is 8.74. The Kier molecular flexibility index (Phi) is 8.37. The van der Waals surface area contributed by atoms with E-state index in [1.807, 2.05) is 6.92 Å². The number of halogens is 1. The van der Waals surface area contributed by atoms with E-state index in [1.54, 1.807) is 50.2 Å². The summed E-state index contributed by atoms with van der Waals surface area (Å²) in [4.78, 5) is 20.4. The molecule has 38 heavy (non-hydrogen) atoms. The maximum atomic E-state index is 13.3.